The summed E-state index contributed by atoms with van der Waals surface area (Å²) in [5, 5.41) is 12.0. The van der Waals surface area contributed by atoms with Gasteiger partial charge in [0.2, 0.25) is 0 Å². The fourth-order valence-electron chi connectivity index (χ4n) is 2.33. The van der Waals surface area contributed by atoms with Gasteiger partial charge in [0.05, 0.1) is 16.8 Å². The molecule has 1 amide bonds. The van der Waals surface area contributed by atoms with Crippen LogP contribution < -0.4 is 14.8 Å². The molecule has 5 nitrogen and oxygen atoms in total. The van der Waals surface area contributed by atoms with E-state index in [0.29, 0.717) is 36.0 Å². The Morgan fingerprint density at radius 3 is 2.57 bits per heavy atom. The van der Waals surface area contributed by atoms with Crippen molar-refractivity contribution in [3.8, 4) is 17.6 Å². The summed E-state index contributed by atoms with van der Waals surface area (Å²) in [5.74, 6) is 0.229. The number of hydrogen-bond acceptors (Lipinski definition) is 4. The van der Waals surface area contributed by atoms with Gasteiger partial charge >= 0.3 is 0 Å². The SMILES string of the molecule is CCCOc1c(I)cc(C=C(C#N)C(=O)Nc2ccc(F)cc2)cc1OCC. The van der Waals surface area contributed by atoms with Crippen LogP contribution in [0.4, 0.5) is 10.1 Å². The third kappa shape index (κ3) is 5.96. The summed E-state index contributed by atoms with van der Waals surface area (Å²) in [7, 11) is 0. The first-order chi connectivity index (χ1) is 13.5. The number of amides is 1. The molecule has 0 atom stereocenters. The predicted octanol–water partition coefficient (Wildman–Crippen LogP) is 5.16. The molecule has 7 heteroatoms. The second kappa shape index (κ2) is 10.7. The number of anilines is 1. The highest BCUT2D eigenvalue weighted by Gasteiger charge is 2.14. The van der Waals surface area contributed by atoms with Gasteiger partial charge in [0.1, 0.15) is 17.5 Å². The van der Waals surface area contributed by atoms with Crippen molar-refractivity contribution in [1.82, 2.24) is 0 Å². The summed E-state index contributed by atoms with van der Waals surface area (Å²) in [6.07, 6.45) is 2.35. The molecule has 0 fully saturated rings. The Kier molecular flexibility index (Phi) is 8.26. The second-order valence-electron chi connectivity index (χ2n) is 5.74. The third-order valence-corrected chi connectivity index (χ3v) is 4.36. The molecule has 0 aliphatic rings. The Labute approximate surface area is 177 Å². The first-order valence-corrected chi connectivity index (χ1v) is 9.84. The summed E-state index contributed by atoms with van der Waals surface area (Å²) in [4.78, 5) is 12.4. The van der Waals surface area contributed by atoms with Crippen LogP contribution in [0.15, 0.2) is 42.0 Å². The standard InChI is InChI=1S/C21H20FIN2O3/c1-3-9-28-20-18(23)11-14(12-19(20)27-4-2)10-15(13-24)21(26)25-17-7-5-16(22)6-8-17/h5-8,10-12H,3-4,9H2,1-2H3,(H,25,26). The number of carbonyl (C=O) groups excluding carboxylic acids is 1. The van der Waals surface area contributed by atoms with Crippen molar-refractivity contribution >= 4 is 40.3 Å². The van der Waals surface area contributed by atoms with E-state index in [1.165, 1.54) is 30.3 Å². The molecule has 0 aromatic heterocycles. The molecule has 0 spiro atoms. The summed E-state index contributed by atoms with van der Waals surface area (Å²) >= 11 is 2.14. The number of halogens is 2. The minimum absolute atomic E-state index is 0.0789. The van der Waals surface area contributed by atoms with E-state index in [0.717, 1.165) is 9.99 Å². The lowest BCUT2D eigenvalue weighted by molar-refractivity contribution is -0.112. The van der Waals surface area contributed by atoms with Gasteiger partial charge in [-0.25, -0.2) is 4.39 Å². The number of carbonyl (C=O) groups is 1. The fraction of sp³-hybridized carbons (Fsp3) is 0.238. The van der Waals surface area contributed by atoms with Crippen molar-refractivity contribution in [2.45, 2.75) is 20.3 Å². The smallest absolute Gasteiger partial charge is 0.266 e. The lowest BCUT2D eigenvalue weighted by atomic mass is 10.1. The maximum atomic E-state index is 13.0. The van der Waals surface area contributed by atoms with E-state index < -0.39 is 11.7 Å². The molecule has 2 rings (SSSR count). The molecule has 0 saturated carbocycles. The van der Waals surface area contributed by atoms with Gasteiger partial charge in [-0.05, 0) is 84.0 Å². The molecule has 2 aromatic rings. The maximum Gasteiger partial charge on any atom is 0.266 e. The molecule has 1 N–H and O–H groups in total. The zero-order valence-corrected chi connectivity index (χ0v) is 17.7. The van der Waals surface area contributed by atoms with Crippen molar-refractivity contribution in [3.05, 3.63) is 56.9 Å². The van der Waals surface area contributed by atoms with Crippen molar-refractivity contribution in [1.29, 1.82) is 5.26 Å². The summed E-state index contributed by atoms with van der Waals surface area (Å²) in [5.41, 5.74) is 0.966. The third-order valence-electron chi connectivity index (χ3n) is 3.56. The van der Waals surface area contributed by atoms with Crippen LogP contribution in [0.1, 0.15) is 25.8 Å². The molecule has 0 unspecified atom stereocenters. The van der Waals surface area contributed by atoms with E-state index in [-0.39, 0.29) is 5.57 Å². The van der Waals surface area contributed by atoms with Gasteiger partial charge in [0.25, 0.3) is 5.91 Å². The van der Waals surface area contributed by atoms with Crippen molar-refractivity contribution in [2.24, 2.45) is 0 Å². The Balaban J connectivity index is 2.30. The minimum Gasteiger partial charge on any atom is -0.490 e. The van der Waals surface area contributed by atoms with E-state index >= 15 is 0 Å². The number of nitriles is 1. The molecule has 0 aliphatic heterocycles. The second-order valence-corrected chi connectivity index (χ2v) is 6.90. The average molecular weight is 494 g/mol. The predicted molar refractivity (Wildman–Crippen MR) is 115 cm³/mol. The number of rotatable bonds is 8. The quantitative estimate of drug-likeness (QED) is 0.313. The van der Waals surface area contributed by atoms with Crippen LogP contribution in [0.5, 0.6) is 11.5 Å². The van der Waals surface area contributed by atoms with Crippen LogP contribution in [0, 0.1) is 20.7 Å². The Hall–Kier alpha value is -2.60. The molecule has 0 radical (unpaired) electrons. The Bertz CT molecular complexity index is 905. The molecule has 0 aliphatic carbocycles. The fourth-order valence-corrected chi connectivity index (χ4v) is 3.11. The van der Waals surface area contributed by atoms with Crippen LogP contribution in [0.3, 0.4) is 0 Å². The van der Waals surface area contributed by atoms with E-state index in [9.17, 15) is 14.4 Å². The first-order valence-electron chi connectivity index (χ1n) is 8.76. The average Bonchev–Trinajstić information content (AvgIpc) is 2.67. The van der Waals surface area contributed by atoms with Gasteiger partial charge in [-0.2, -0.15) is 5.26 Å². The van der Waals surface area contributed by atoms with Gasteiger partial charge in [-0.15, -0.1) is 0 Å². The van der Waals surface area contributed by atoms with E-state index in [2.05, 4.69) is 27.9 Å². The monoisotopic (exact) mass is 494 g/mol. The normalized spacial score (nSPS) is 10.9. The molecular weight excluding hydrogens is 474 g/mol. The van der Waals surface area contributed by atoms with E-state index in [4.69, 9.17) is 9.47 Å². The minimum atomic E-state index is -0.576. The molecule has 28 heavy (non-hydrogen) atoms. The number of hydrogen-bond donors (Lipinski definition) is 1. The zero-order chi connectivity index (χ0) is 20.5. The zero-order valence-electron chi connectivity index (χ0n) is 15.6. The Morgan fingerprint density at radius 1 is 1.25 bits per heavy atom. The van der Waals surface area contributed by atoms with E-state index in [1.807, 2.05) is 26.0 Å². The molecular formula is C21H20FIN2O3. The van der Waals surface area contributed by atoms with Crippen LogP contribution in [-0.4, -0.2) is 19.1 Å². The number of nitrogens with zero attached hydrogens (tertiary/aromatic N) is 1. The summed E-state index contributed by atoms with van der Waals surface area (Å²) in [6.45, 7) is 4.91. The summed E-state index contributed by atoms with van der Waals surface area (Å²) < 4.78 is 25.2. The van der Waals surface area contributed by atoms with Crippen molar-refractivity contribution < 1.29 is 18.7 Å². The lowest BCUT2D eigenvalue weighted by Crippen LogP contribution is -2.13. The Morgan fingerprint density at radius 2 is 1.96 bits per heavy atom. The highest BCUT2D eigenvalue weighted by atomic mass is 127. The van der Waals surface area contributed by atoms with E-state index in [1.54, 1.807) is 6.07 Å². The summed E-state index contributed by atoms with van der Waals surface area (Å²) in [6, 6.07) is 10.8. The van der Waals surface area contributed by atoms with Crippen molar-refractivity contribution in [3.63, 3.8) is 0 Å². The number of benzene rings is 2. The van der Waals surface area contributed by atoms with Crippen LogP contribution >= 0.6 is 22.6 Å². The lowest BCUT2D eigenvalue weighted by Gasteiger charge is -2.14. The van der Waals surface area contributed by atoms with Crippen molar-refractivity contribution in [2.75, 3.05) is 18.5 Å². The van der Waals surface area contributed by atoms with Gasteiger partial charge in [-0.1, -0.05) is 6.92 Å². The molecule has 0 bridgehead atoms. The highest BCUT2D eigenvalue weighted by molar-refractivity contribution is 14.1. The first kappa shape index (κ1) is 21.7. The topological polar surface area (TPSA) is 71.3 Å². The number of nitrogens with one attached hydrogen (secondary N) is 1. The van der Waals surface area contributed by atoms with Crippen LogP contribution in [0.2, 0.25) is 0 Å². The van der Waals surface area contributed by atoms with Crippen LogP contribution in [-0.2, 0) is 4.79 Å². The largest absolute Gasteiger partial charge is 0.490 e. The molecule has 146 valence electrons. The molecule has 2 aromatic carbocycles. The van der Waals surface area contributed by atoms with Gasteiger partial charge < -0.3 is 14.8 Å². The van der Waals surface area contributed by atoms with Gasteiger partial charge in [0, 0.05) is 5.69 Å². The maximum absolute atomic E-state index is 13.0. The van der Waals surface area contributed by atoms with Gasteiger partial charge in [0.15, 0.2) is 11.5 Å². The van der Waals surface area contributed by atoms with Crippen LogP contribution in [0.25, 0.3) is 6.08 Å². The molecule has 0 saturated heterocycles. The number of ether oxygens (including phenoxy) is 2. The van der Waals surface area contributed by atoms with Gasteiger partial charge in [-0.3, -0.25) is 4.79 Å². The molecule has 0 heterocycles. The highest BCUT2D eigenvalue weighted by Crippen LogP contribution is 2.35.